The van der Waals surface area contributed by atoms with Crippen LogP contribution >= 0.6 is 15.9 Å². The van der Waals surface area contributed by atoms with Crippen molar-refractivity contribution in [3.63, 3.8) is 0 Å². The van der Waals surface area contributed by atoms with Gasteiger partial charge in [-0.3, -0.25) is 14.3 Å². The fraction of sp³-hybridized carbons (Fsp3) is 0.105. The molecule has 3 rings (SSSR count). The molecule has 0 fully saturated rings. The summed E-state index contributed by atoms with van der Waals surface area (Å²) in [5.74, 6) is -1.18. The summed E-state index contributed by atoms with van der Waals surface area (Å²) in [6.45, 7) is 0. The molecule has 144 valence electrons. The molecule has 0 unspecified atom stereocenters. The van der Waals surface area contributed by atoms with Crippen molar-refractivity contribution in [2.45, 2.75) is 0 Å². The van der Waals surface area contributed by atoms with Crippen molar-refractivity contribution < 1.29 is 18.7 Å². The Morgan fingerprint density at radius 1 is 1.11 bits per heavy atom. The summed E-state index contributed by atoms with van der Waals surface area (Å²) in [5, 5.41) is 9.24. The summed E-state index contributed by atoms with van der Waals surface area (Å²) in [6.07, 6.45) is 1.54. The number of amides is 2. The van der Waals surface area contributed by atoms with Gasteiger partial charge in [-0.05, 0) is 42.5 Å². The maximum absolute atomic E-state index is 13.8. The normalized spacial score (nSPS) is 10.4. The molecule has 0 radical (unpaired) electrons. The topological polar surface area (TPSA) is 85.2 Å². The van der Waals surface area contributed by atoms with Crippen molar-refractivity contribution >= 4 is 39.1 Å². The van der Waals surface area contributed by atoms with Crippen molar-refractivity contribution in [2.24, 2.45) is 7.05 Å². The molecule has 0 aliphatic carbocycles. The molecule has 2 amide bonds. The number of aryl methyl sites for hydroxylation is 1. The quantitative estimate of drug-likeness (QED) is 0.623. The Bertz CT molecular complexity index is 1030. The highest BCUT2D eigenvalue weighted by molar-refractivity contribution is 9.10. The smallest absolute Gasteiger partial charge is 0.262 e. The number of hydrogen-bond donors (Lipinski definition) is 2. The molecule has 0 spiro atoms. The molecule has 0 bridgehead atoms. The van der Waals surface area contributed by atoms with Crippen LogP contribution in [0.3, 0.4) is 0 Å². The standard InChI is InChI=1S/C19H16BrFN4O3/c1-25-10-14(19(24-25)28-2)18(27)22-13-6-3-11(4-7-13)17(26)23-16-8-5-12(20)9-15(16)21/h3-10H,1-2H3,(H,22,27)(H,23,26). The number of aromatic nitrogens is 2. The molecule has 28 heavy (non-hydrogen) atoms. The number of ether oxygens (including phenoxy) is 1. The van der Waals surface area contributed by atoms with E-state index in [0.717, 1.165) is 0 Å². The van der Waals surface area contributed by atoms with Crippen molar-refractivity contribution in [2.75, 3.05) is 17.7 Å². The van der Waals surface area contributed by atoms with Crippen LogP contribution in [0.4, 0.5) is 15.8 Å². The van der Waals surface area contributed by atoms with Crippen LogP contribution in [0.5, 0.6) is 5.88 Å². The highest BCUT2D eigenvalue weighted by Gasteiger charge is 2.17. The number of hydrogen-bond acceptors (Lipinski definition) is 4. The molecular weight excluding hydrogens is 431 g/mol. The van der Waals surface area contributed by atoms with Gasteiger partial charge < -0.3 is 15.4 Å². The van der Waals surface area contributed by atoms with Crippen LogP contribution in [-0.2, 0) is 7.05 Å². The second kappa shape index (κ2) is 8.22. The van der Waals surface area contributed by atoms with Crippen LogP contribution in [-0.4, -0.2) is 28.7 Å². The van der Waals surface area contributed by atoms with Gasteiger partial charge in [-0.25, -0.2) is 4.39 Å². The van der Waals surface area contributed by atoms with E-state index < -0.39 is 11.7 Å². The zero-order chi connectivity index (χ0) is 20.3. The van der Waals surface area contributed by atoms with Gasteiger partial charge in [0.05, 0.1) is 12.8 Å². The van der Waals surface area contributed by atoms with Gasteiger partial charge in [0.1, 0.15) is 11.4 Å². The molecule has 0 saturated carbocycles. The molecule has 3 aromatic rings. The van der Waals surface area contributed by atoms with Crippen LogP contribution < -0.4 is 15.4 Å². The first-order valence-electron chi connectivity index (χ1n) is 8.13. The first kappa shape index (κ1) is 19.6. The fourth-order valence-corrected chi connectivity index (χ4v) is 2.80. The Labute approximate surface area is 168 Å². The molecule has 0 saturated heterocycles. The number of halogens is 2. The highest BCUT2D eigenvalue weighted by Crippen LogP contribution is 2.21. The molecule has 1 heterocycles. The molecule has 9 heteroatoms. The minimum atomic E-state index is -0.544. The molecule has 0 aliphatic heterocycles. The summed E-state index contributed by atoms with van der Waals surface area (Å²) in [7, 11) is 3.11. The second-order valence-corrected chi connectivity index (χ2v) is 6.75. The van der Waals surface area contributed by atoms with E-state index in [4.69, 9.17) is 4.74 Å². The lowest BCUT2D eigenvalue weighted by Crippen LogP contribution is -2.14. The lowest BCUT2D eigenvalue weighted by atomic mass is 10.2. The SMILES string of the molecule is COc1nn(C)cc1C(=O)Nc1ccc(C(=O)Nc2ccc(Br)cc2F)cc1. The second-order valence-electron chi connectivity index (χ2n) is 5.84. The van der Waals surface area contributed by atoms with E-state index in [-0.39, 0.29) is 23.0 Å². The number of carbonyl (C=O) groups is 2. The van der Waals surface area contributed by atoms with Gasteiger partial charge in [0.15, 0.2) is 0 Å². The van der Waals surface area contributed by atoms with Gasteiger partial charge >= 0.3 is 0 Å². The Morgan fingerprint density at radius 3 is 2.46 bits per heavy atom. The Hall–Kier alpha value is -3.20. The highest BCUT2D eigenvalue weighted by atomic mass is 79.9. The van der Waals surface area contributed by atoms with Gasteiger partial charge in [0, 0.05) is 29.0 Å². The number of nitrogens with one attached hydrogen (secondary N) is 2. The number of carbonyl (C=O) groups excluding carboxylic acids is 2. The van der Waals surface area contributed by atoms with E-state index in [1.54, 1.807) is 31.4 Å². The maximum Gasteiger partial charge on any atom is 0.262 e. The van der Waals surface area contributed by atoms with Gasteiger partial charge in [-0.15, -0.1) is 5.10 Å². The number of nitrogens with zero attached hydrogens (tertiary/aromatic N) is 2. The molecule has 2 N–H and O–H groups in total. The van der Waals surface area contributed by atoms with Gasteiger partial charge in [-0.2, -0.15) is 0 Å². The van der Waals surface area contributed by atoms with E-state index >= 15 is 0 Å². The largest absolute Gasteiger partial charge is 0.479 e. The molecule has 0 aliphatic rings. The van der Waals surface area contributed by atoms with E-state index in [1.807, 2.05) is 0 Å². The third-order valence-electron chi connectivity index (χ3n) is 3.82. The van der Waals surface area contributed by atoms with Crippen LogP contribution in [0.2, 0.25) is 0 Å². The third-order valence-corrected chi connectivity index (χ3v) is 4.31. The van der Waals surface area contributed by atoms with Crippen LogP contribution in [0.25, 0.3) is 0 Å². The summed E-state index contributed by atoms with van der Waals surface area (Å²) < 4.78 is 21.0. The number of benzene rings is 2. The van der Waals surface area contributed by atoms with Gasteiger partial charge in [0.2, 0.25) is 5.88 Å². The molecular formula is C19H16BrFN4O3. The summed E-state index contributed by atoms with van der Waals surface area (Å²) in [5.41, 5.74) is 1.17. The summed E-state index contributed by atoms with van der Waals surface area (Å²) >= 11 is 3.16. The monoisotopic (exact) mass is 446 g/mol. The van der Waals surface area contributed by atoms with E-state index in [0.29, 0.717) is 15.7 Å². The lowest BCUT2D eigenvalue weighted by molar-refractivity contribution is 0.101. The average Bonchev–Trinajstić information content (AvgIpc) is 3.05. The zero-order valence-corrected chi connectivity index (χ0v) is 16.6. The van der Waals surface area contributed by atoms with Crippen molar-refractivity contribution in [1.29, 1.82) is 0 Å². The number of rotatable bonds is 5. The number of anilines is 2. The lowest BCUT2D eigenvalue weighted by Gasteiger charge is -2.08. The van der Waals surface area contributed by atoms with Crippen LogP contribution in [0.1, 0.15) is 20.7 Å². The number of methoxy groups -OCH3 is 1. The van der Waals surface area contributed by atoms with E-state index in [9.17, 15) is 14.0 Å². The molecule has 7 nitrogen and oxygen atoms in total. The molecule has 0 atom stereocenters. The van der Waals surface area contributed by atoms with Gasteiger partial charge in [0.25, 0.3) is 11.8 Å². The zero-order valence-electron chi connectivity index (χ0n) is 15.0. The van der Waals surface area contributed by atoms with Crippen molar-refractivity contribution in [3.8, 4) is 5.88 Å². The minimum Gasteiger partial charge on any atom is -0.479 e. The van der Waals surface area contributed by atoms with Crippen molar-refractivity contribution in [3.05, 3.63) is 70.1 Å². The van der Waals surface area contributed by atoms with Gasteiger partial charge in [-0.1, -0.05) is 15.9 Å². The predicted molar refractivity (Wildman–Crippen MR) is 106 cm³/mol. The van der Waals surface area contributed by atoms with E-state index in [1.165, 1.54) is 36.1 Å². The Morgan fingerprint density at radius 2 is 1.82 bits per heavy atom. The minimum absolute atomic E-state index is 0.0780. The third kappa shape index (κ3) is 4.37. The maximum atomic E-state index is 13.8. The van der Waals surface area contributed by atoms with Crippen molar-refractivity contribution in [1.82, 2.24) is 9.78 Å². The summed E-state index contributed by atoms with van der Waals surface area (Å²) in [6, 6.07) is 10.6. The first-order valence-corrected chi connectivity index (χ1v) is 8.92. The molecule has 2 aromatic carbocycles. The molecule has 1 aromatic heterocycles. The van der Waals surface area contributed by atoms with Crippen LogP contribution in [0.15, 0.2) is 53.1 Å². The van der Waals surface area contributed by atoms with Crippen LogP contribution in [0, 0.1) is 5.82 Å². The predicted octanol–water partition coefficient (Wildman–Crippen LogP) is 3.83. The fourth-order valence-electron chi connectivity index (χ4n) is 2.46. The average molecular weight is 447 g/mol. The first-order chi connectivity index (χ1) is 13.4. The summed E-state index contributed by atoms with van der Waals surface area (Å²) in [4.78, 5) is 24.7. The Balaban J connectivity index is 1.69. The van der Waals surface area contributed by atoms with E-state index in [2.05, 4.69) is 31.7 Å². The Kier molecular flexibility index (Phi) is 5.74.